The van der Waals surface area contributed by atoms with Crippen LogP contribution >= 0.6 is 0 Å². The van der Waals surface area contributed by atoms with E-state index >= 15 is 0 Å². The largest absolute Gasteiger partial charge is 0.479 e. The average Bonchev–Trinajstić information content (AvgIpc) is 2.71. The molecular weight excluding hydrogens is 378 g/mol. The Morgan fingerprint density at radius 1 is 1.17 bits per heavy atom. The lowest BCUT2D eigenvalue weighted by Crippen LogP contribution is -2.64. The number of amides is 3. The number of aliphatic carboxylic acids is 1. The van der Waals surface area contributed by atoms with E-state index in [0.717, 1.165) is 25.7 Å². The summed E-state index contributed by atoms with van der Waals surface area (Å²) in [6.45, 7) is 5.09. The second kappa shape index (κ2) is 12.6. The number of carboxylic acid groups (broad SMARTS) is 1. The lowest BCUT2D eigenvalue weighted by molar-refractivity contribution is -0.149. The number of methoxy groups -OCH3 is 1. The summed E-state index contributed by atoms with van der Waals surface area (Å²) >= 11 is 0. The van der Waals surface area contributed by atoms with Gasteiger partial charge < -0.3 is 30.5 Å². The van der Waals surface area contributed by atoms with Crippen molar-refractivity contribution in [2.45, 2.75) is 82.9 Å². The first kappa shape index (κ1) is 25.2. The van der Waals surface area contributed by atoms with Gasteiger partial charge in [0.25, 0.3) is 0 Å². The number of aliphatic hydroxyl groups excluding tert-OH is 1. The molecule has 0 bridgehead atoms. The van der Waals surface area contributed by atoms with Crippen LogP contribution < -0.4 is 10.6 Å². The molecule has 0 heterocycles. The van der Waals surface area contributed by atoms with Crippen LogP contribution in [-0.2, 0) is 14.3 Å². The summed E-state index contributed by atoms with van der Waals surface area (Å²) < 4.78 is 5.04. The quantitative estimate of drug-likeness (QED) is 0.382. The Labute approximate surface area is 173 Å². The van der Waals surface area contributed by atoms with Crippen LogP contribution in [0.2, 0.25) is 0 Å². The van der Waals surface area contributed by atoms with Crippen molar-refractivity contribution >= 4 is 17.9 Å². The fraction of sp³-hybridized carbons (Fsp3) is 0.850. The fourth-order valence-corrected chi connectivity index (χ4v) is 3.66. The molecule has 0 aromatic heterocycles. The minimum Gasteiger partial charge on any atom is -0.479 e. The maximum Gasteiger partial charge on any atom is 0.334 e. The van der Waals surface area contributed by atoms with E-state index in [1.54, 1.807) is 12.0 Å². The van der Waals surface area contributed by atoms with Crippen molar-refractivity contribution in [3.8, 4) is 0 Å². The first-order valence-corrected chi connectivity index (χ1v) is 10.6. The SMILES string of the molecule is CCCC[C@H](NC(=O)C1(NC(=O)N(CC)CCOC)CCCCC1)C(O)C(=O)O. The van der Waals surface area contributed by atoms with Gasteiger partial charge in [-0.1, -0.05) is 39.0 Å². The van der Waals surface area contributed by atoms with Crippen LogP contribution in [0.1, 0.15) is 65.2 Å². The van der Waals surface area contributed by atoms with Gasteiger partial charge in [-0.25, -0.2) is 9.59 Å². The van der Waals surface area contributed by atoms with E-state index in [1.807, 2.05) is 13.8 Å². The number of nitrogens with one attached hydrogen (secondary N) is 2. The smallest absolute Gasteiger partial charge is 0.334 e. The van der Waals surface area contributed by atoms with Crippen molar-refractivity contribution in [3.05, 3.63) is 0 Å². The van der Waals surface area contributed by atoms with Gasteiger partial charge in [0.1, 0.15) is 5.54 Å². The molecule has 0 aromatic carbocycles. The zero-order valence-electron chi connectivity index (χ0n) is 17.9. The molecule has 3 amide bonds. The highest BCUT2D eigenvalue weighted by atomic mass is 16.5. The zero-order chi connectivity index (χ0) is 21.9. The number of carbonyl (C=O) groups is 3. The summed E-state index contributed by atoms with van der Waals surface area (Å²) in [6.07, 6.45) is 3.68. The molecule has 29 heavy (non-hydrogen) atoms. The summed E-state index contributed by atoms with van der Waals surface area (Å²) in [5.74, 6) is -1.79. The Morgan fingerprint density at radius 3 is 2.34 bits per heavy atom. The molecule has 9 nitrogen and oxygen atoms in total. The molecule has 1 fully saturated rings. The van der Waals surface area contributed by atoms with E-state index in [2.05, 4.69) is 10.6 Å². The summed E-state index contributed by atoms with van der Waals surface area (Å²) in [4.78, 5) is 38.8. The number of urea groups is 1. The van der Waals surface area contributed by atoms with Crippen molar-refractivity contribution in [2.24, 2.45) is 0 Å². The van der Waals surface area contributed by atoms with Gasteiger partial charge in [0.05, 0.1) is 12.6 Å². The molecular formula is C20H37N3O6. The zero-order valence-corrected chi connectivity index (χ0v) is 17.9. The molecule has 1 rings (SSSR count). The molecule has 4 N–H and O–H groups in total. The van der Waals surface area contributed by atoms with E-state index < -0.39 is 29.6 Å². The van der Waals surface area contributed by atoms with Gasteiger partial charge in [0.15, 0.2) is 6.10 Å². The Bertz CT molecular complexity index is 536. The topological polar surface area (TPSA) is 128 Å². The van der Waals surface area contributed by atoms with Crippen molar-refractivity contribution in [1.29, 1.82) is 0 Å². The fourth-order valence-electron chi connectivity index (χ4n) is 3.66. The van der Waals surface area contributed by atoms with Crippen molar-refractivity contribution in [2.75, 3.05) is 26.8 Å². The molecule has 1 unspecified atom stereocenters. The van der Waals surface area contributed by atoms with Gasteiger partial charge in [-0.05, 0) is 26.2 Å². The summed E-state index contributed by atoms with van der Waals surface area (Å²) in [6, 6.07) is -1.24. The molecule has 1 aliphatic carbocycles. The standard InChI is InChI=1S/C20H37N3O6/c1-4-6-10-15(16(24)17(25)26)21-18(27)20(11-8-7-9-12-20)22-19(28)23(5-2)13-14-29-3/h15-16,24H,4-14H2,1-3H3,(H,21,27)(H,22,28)(H,25,26)/t15-,16?/m0/s1. The van der Waals surface area contributed by atoms with Crippen LogP contribution in [0.15, 0.2) is 0 Å². The third kappa shape index (κ3) is 7.47. The third-order valence-electron chi connectivity index (χ3n) is 5.54. The van der Waals surface area contributed by atoms with Gasteiger partial charge in [0, 0.05) is 20.2 Å². The molecule has 1 aliphatic rings. The van der Waals surface area contributed by atoms with Crippen LogP contribution in [0.5, 0.6) is 0 Å². The first-order chi connectivity index (χ1) is 13.8. The molecule has 2 atom stereocenters. The highest BCUT2D eigenvalue weighted by Crippen LogP contribution is 2.29. The molecule has 0 radical (unpaired) electrons. The number of unbranched alkanes of at least 4 members (excludes halogenated alkanes) is 1. The minimum atomic E-state index is -1.68. The average molecular weight is 416 g/mol. The molecule has 0 aromatic rings. The van der Waals surface area contributed by atoms with E-state index in [4.69, 9.17) is 4.74 Å². The summed E-state index contributed by atoms with van der Waals surface area (Å²) in [7, 11) is 1.56. The Kier molecular flexibility index (Phi) is 11.0. The van der Waals surface area contributed by atoms with Gasteiger partial charge in [-0.15, -0.1) is 0 Å². The van der Waals surface area contributed by atoms with E-state index in [0.29, 0.717) is 45.4 Å². The molecule has 168 valence electrons. The van der Waals surface area contributed by atoms with E-state index in [-0.39, 0.29) is 6.03 Å². The number of hydrogen-bond acceptors (Lipinski definition) is 5. The number of nitrogens with zero attached hydrogens (tertiary/aromatic N) is 1. The highest BCUT2D eigenvalue weighted by molar-refractivity contribution is 5.91. The number of aliphatic hydroxyl groups is 1. The lowest BCUT2D eigenvalue weighted by atomic mass is 9.80. The van der Waals surface area contributed by atoms with Gasteiger partial charge >= 0.3 is 12.0 Å². The van der Waals surface area contributed by atoms with E-state index in [1.165, 1.54) is 0 Å². The van der Waals surface area contributed by atoms with Crippen molar-refractivity contribution in [1.82, 2.24) is 15.5 Å². The predicted molar refractivity (Wildman–Crippen MR) is 109 cm³/mol. The maximum absolute atomic E-state index is 13.2. The Morgan fingerprint density at radius 2 is 1.83 bits per heavy atom. The molecule has 1 saturated carbocycles. The van der Waals surface area contributed by atoms with Crippen LogP contribution in [0, 0.1) is 0 Å². The number of likely N-dealkylation sites (N-methyl/N-ethyl adjacent to an activating group) is 1. The predicted octanol–water partition coefficient (Wildman–Crippen LogP) is 1.49. The third-order valence-corrected chi connectivity index (χ3v) is 5.54. The minimum absolute atomic E-state index is 0.342. The number of rotatable bonds is 12. The number of carboxylic acids is 1. The first-order valence-electron chi connectivity index (χ1n) is 10.6. The highest BCUT2D eigenvalue weighted by Gasteiger charge is 2.43. The Balaban J connectivity index is 2.97. The second-order valence-electron chi connectivity index (χ2n) is 7.65. The van der Waals surface area contributed by atoms with Crippen LogP contribution in [0.25, 0.3) is 0 Å². The second-order valence-corrected chi connectivity index (χ2v) is 7.65. The van der Waals surface area contributed by atoms with Crippen molar-refractivity contribution < 1.29 is 29.3 Å². The number of carbonyl (C=O) groups excluding carboxylic acids is 2. The monoisotopic (exact) mass is 415 g/mol. The van der Waals surface area contributed by atoms with Gasteiger partial charge in [0.2, 0.25) is 5.91 Å². The number of hydrogen-bond donors (Lipinski definition) is 4. The molecule has 9 heteroatoms. The number of ether oxygens (including phenoxy) is 1. The van der Waals surface area contributed by atoms with Crippen LogP contribution in [0.3, 0.4) is 0 Å². The van der Waals surface area contributed by atoms with Crippen LogP contribution in [-0.4, -0.2) is 77.5 Å². The van der Waals surface area contributed by atoms with Crippen LogP contribution in [0.4, 0.5) is 4.79 Å². The van der Waals surface area contributed by atoms with Crippen molar-refractivity contribution in [3.63, 3.8) is 0 Å². The van der Waals surface area contributed by atoms with Gasteiger partial charge in [-0.3, -0.25) is 4.79 Å². The molecule has 0 spiro atoms. The lowest BCUT2D eigenvalue weighted by Gasteiger charge is -2.39. The van der Waals surface area contributed by atoms with E-state index in [9.17, 15) is 24.6 Å². The summed E-state index contributed by atoms with van der Waals surface area (Å²) in [5, 5.41) is 24.8. The van der Waals surface area contributed by atoms with Gasteiger partial charge in [-0.2, -0.15) is 0 Å². The Hall–Kier alpha value is -1.87. The molecule has 0 aliphatic heterocycles. The molecule has 0 saturated heterocycles. The maximum atomic E-state index is 13.2. The summed E-state index contributed by atoms with van der Waals surface area (Å²) in [5.41, 5.74) is -1.10. The normalized spacial score (nSPS) is 17.8.